The lowest BCUT2D eigenvalue weighted by molar-refractivity contribution is -0.122. The van der Waals surface area contributed by atoms with E-state index in [1.165, 1.54) is 39.5 Å². The lowest BCUT2D eigenvalue weighted by Crippen LogP contribution is -2.48. The number of amides is 1. The topological polar surface area (TPSA) is 101 Å². The van der Waals surface area contributed by atoms with Gasteiger partial charge >= 0.3 is 0 Å². The Hall–Kier alpha value is -3.41. The van der Waals surface area contributed by atoms with Crippen LogP contribution in [0.4, 0.5) is 10.8 Å². The lowest BCUT2D eigenvalue weighted by atomic mass is 10.1. The van der Waals surface area contributed by atoms with Crippen LogP contribution in [0.15, 0.2) is 88.1 Å². The van der Waals surface area contributed by atoms with Crippen molar-refractivity contribution < 1.29 is 17.9 Å². The highest BCUT2D eigenvalue weighted by Crippen LogP contribution is 2.38. The van der Waals surface area contributed by atoms with Crippen LogP contribution >= 0.6 is 23.1 Å². The molecule has 0 aliphatic carbocycles. The Morgan fingerprint density at radius 1 is 1.08 bits per heavy atom. The predicted molar refractivity (Wildman–Crippen MR) is 141 cm³/mol. The molecule has 1 aromatic heterocycles. The third kappa shape index (κ3) is 5.23. The van der Waals surface area contributed by atoms with Crippen LogP contribution in [-0.2, 0) is 20.6 Å². The summed E-state index contributed by atoms with van der Waals surface area (Å²) in [4.78, 5) is 13.3. The predicted octanol–water partition coefficient (Wildman–Crippen LogP) is 4.73. The van der Waals surface area contributed by atoms with Crippen molar-refractivity contribution in [3.05, 3.63) is 90.0 Å². The third-order valence-electron chi connectivity index (χ3n) is 5.45. The number of nitrogens with one attached hydrogen (secondary N) is 1. The van der Waals surface area contributed by atoms with Gasteiger partial charge in [0.15, 0.2) is 10.4 Å². The molecule has 8 nitrogen and oxygen atoms in total. The maximum atomic E-state index is 13.5. The molecule has 1 atom stereocenters. The Labute approximate surface area is 217 Å². The molecule has 3 aromatic carbocycles. The molecule has 36 heavy (non-hydrogen) atoms. The molecule has 0 saturated carbocycles. The van der Waals surface area contributed by atoms with Gasteiger partial charge in [-0.3, -0.25) is 14.4 Å². The normalized spacial score (nSPS) is 15.1. The van der Waals surface area contributed by atoms with Crippen molar-refractivity contribution in [3.8, 4) is 5.75 Å². The van der Waals surface area contributed by atoms with Crippen LogP contribution in [-0.4, -0.2) is 37.2 Å². The minimum atomic E-state index is -3.92. The zero-order valence-electron chi connectivity index (χ0n) is 19.2. The van der Waals surface area contributed by atoms with Crippen LogP contribution in [0, 0.1) is 6.92 Å². The van der Waals surface area contributed by atoms with Gasteiger partial charge in [0.25, 0.3) is 15.9 Å². The number of aryl methyl sites for hydroxylation is 1. The van der Waals surface area contributed by atoms with Crippen LogP contribution in [0.3, 0.4) is 0 Å². The summed E-state index contributed by atoms with van der Waals surface area (Å²) in [6, 6.07) is 23.4. The SMILES string of the molecule is Cc1ccc2c(c1)N(S(=O)(=O)c1ccccc1)CC(C(=O)Nc1nnc(SCc3ccccc3)s1)O2. The first kappa shape index (κ1) is 24.3. The molecule has 2 heterocycles. The number of sulfonamides is 1. The van der Waals surface area contributed by atoms with Crippen LogP contribution in [0.1, 0.15) is 11.1 Å². The van der Waals surface area contributed by atoms with E-state index in [2.05, 4.69) is 15.5 Å². The fraction of sp³-hybridized carbons (Fsp3) is 0.160. The molecule has 1 unspecified atom stereocenters. The molecule has 0 bridgehead atoms. The number of nitrogens with zero attached hydrogens (tertiary/aromatic N) is 3. The summed E-state index contributed by atoms with van der Waals surface area (Å²) in [5.41, 5.74) is 2.44. The Kier molecular flexibility index (Phi) is 6.95. The second-order valence-electron chi connectivity index (χ2n) is 8.06. The summed E-state index contributed by atoms with van der Waals surface area (Å²) in [5, 5.41) is 11.3. The van der Waals surface area contributed by atoms with Crippen molar-refractivity contribution in [2.75, 3.05) is 16.2 Å². The first-order valence-electron chi connectivity index (χ1n) is 11.1. The zero-order chi connectivity index (χ0) is 25.1. The van der Waals surface area contributed by atoms with E-state index in [0.29, 0.717) is 20.9 Å². The van der Waals surface area contributed by atoms with Gasteiger partial charge in [-0.25, -0.2) is 8.42 Å². The van der Waals surface area contributed by atoms with Gasteiger partial charge in [0.1, 0.15) is 5.75 Å². The van der Waals surface area contributed by atoms with E-state index in [1.807, 2.05) is 43.3 Å². The van der Waals surface area contributed by atoms with Crippen molar-refractivity contribution in [1.29, 1.82) is 0 Å². The molecule has 4 aromatic rings. The van der Waals surface area contributed by atoms with Gasteiger partial charge < -0.3 is 4.74 Å². The van der Waals surface area contributed by atoms with Crippen molar-refractivity contribution in [3.63, 3.8) is 0 Å². The highest BCUT2D eigenvalue weighted by Gasteiger charge is 2.38. The number of carbonyl (C=O) groups is 1. The zero-order valence-corrected chi connectivity index (χ0v) is 21.6. The molecule has 1 aliphatic rings. The Balaban J connectivity index is 1.33. The summed E-state index contributed by atoms with van der Waals surface area (Å²) < 4.78 is 34.9. The van der Waals surface area contributed by atoms with E-state index in [4.69, 9.17) is 4.74 Å². The van der Waals surface area contributed by atoms with Crippen LogP contribution in [0.25, 0.3) is 0 Å². The smallest absolute Gasteiger partial charge is 0.269 e. The lowest BCUT2D eigenvalue weighted by Gasteiger charge is -2.34. The van der Waals surface area contributed by atoms with Crippen LogP contribution in [0.5, 0.6) is 5.75 Å². The highest BCUT2D eigenvalue weighted by molar-refractivity contribution is 8.00. The molecule has 1 aliphatic heterocycles. The number of hydrogen-bond acceptors (Lipinski definition) is 8. The molecule has 1 N–H and O–H groups in total. The maximum Gasteiger partial charge on any atom is 0.269 e. The van der Waals surface area contributed by atoms with Crippen molar-refractivity contribution in [1.82, 2.24) is 10.2 Å². The number of hydrogen-bond donors (Lipinski definition) is 1. The third-order valence-corrected chi connectivity index (χ3v) is 9.29. The number of carbonyl (C=O) groups excluding carboxylic acids is 1. The molecule has 0 fully saturated rings. The average Bonchev–Trinajstić information content (AvgIpc) is 3.35. The standard InChI is InChI=1S/C25H22N4O4S3/c1-17-12-13-21-20(14-17)29(36(31,32)19-10-6-3-7-11-19)15-22(33-21)23(30)26-24-27-28-25(35-24)34-16-18-8-4-2-5-9-18/h2-14,22H,15-16H2,1H3,(H,26,27,30). The van der Waals surface area contributed by atoms with Gasteiger partial charge in [0.05, 0.1) is 17.1 Å². The van der Waals surface area contributed by atoms with Gasteiger partial charge in [-0.1, -0.05) is 77.7 Å². The maximum absolute atomic E-state index is 13.5. The second kappa shape index (κ2) is 10.3. The van der Waals surface area contributed by atoms with Crippen LogP contribution in [0.2, 0.25) is 0 Å². The van der Waals surface area contributed by atoms with Crippen molar-refractivity contribution >= 4 is 49.8 Å². The molecule has 0 radical (unpaired) electrons. The van der Waals surface area contributed by atoms with E-state index in [1.54, 1.807) is 30.3 Å². The number of anilines is 2. The Morgan fingerprint density at radius 3 is 2.56 bits per heavy atom. The number of ether oxygens (including phenoxy) is 1. The molecule has 1 amide bonds. The van der Waals surface area contributed by atoms with Gasteiger partial charge in [0, 0.05) is 5.75 Å². The monoisotopic (exact) mass is 538 g/mol. The van der Waals surface area contributed by atoms with E-state index >= 15 is 0 Å². The molecule has 0 saturated heterocycles. The number of aromatic nitrogens is 2. The molecule has 11 heteroatoms. The second-order valence-corrected chi connectivity index (χ2v) is 12.1. The van der Waals surface area contributed by atoms with Crippen molar-refractivity contribution in [2.24, 2.45) is 0 Å². The van der Waals surface area contributed by atoms with E-state index < -0.39 is 22.0 Å². The molecule has 0 spiro atoms. The minimum Gasteiger partial charge on any atom is -0.476 e. The molecule has 5 rings (SSSR count). The number of thioether (sulfide) groups is 1. The summed E-state index contributed by atoms with van der Waals surface area (Å²) >= 11 is 2.78. The van der Waals surface area contributed by atoms with Gasteiger partial charge in [0.2, 0.25) is 5.13 Å². The highest BCUT2D eigenvalue weighted by atomic mass is 32.2. The molecular weight excluding hydrogens is 517 g/mol. The fourth-order valence-electron chi connectivity index (χ4n) is 3.67. The number of rotatable bonds is 7. The van der Waals surface area contributed by atoms with Gasteiger partial charge in [-0.15, -0.1) is 10.2 Å². The number of benzene rings is 3. The Bertz CT molecular complexity index is 1480. The average molecular weight is 539 g/mol. The van der Waals surface area contributed by atoms with Crippen LogP contribution < -0.4 is 14.4 Å². The summed E-state index contributed by atoms with van der Waals surface area (Å²) in [7, 11) is -3.92. The summed E-state index contributed by atoms with van der Waals surface area (Å²) in [6.07, 6.45) is -1.07. The van der Waals surface area contributed by atoms with E-state index in [-0.39, 0.29) is 11.4 Å². The van der Waals surface area contributed by atoms with E-state index in [0.717, 1.165) is 16.9 Å². The quantitative estimate of drug-likeness (QED) is 0.268. The summed E-state index contributed by atoms with van der Waals surface area (Å²) in [5.74, 6) is 0.561. The fourth-order valence-corrected chi connectivity index (χ4v) is 6.87. The summed E-state index contributed by atoms with van der Waals surface area (Å²) in [6.45, 7) is 1.70. The molecule has 184 valence electrons. The largest absolute Gasteiger partial charge is 0.476 e. The minimum absolute atomic E-state index is 0.141. The van der Waals surface area contributed by atoms with E-state index in [9.17, 15) is 13.2 Å². The Morgan fingerprint density at radius 2 is 1.81 bits per heavy atom. The van der Waals surface area contributed by atoms with Gasteiger partial charge in [-0.05, 0) is 42.3 Å². The number of fused-ring (bicyclic) bond motifs is 1. The van der Waals surface area contributed by atoms with Crippen molar-refractivity contribution in [2.45, 2.75) is 28.0 Å². The first-order chi connectivity index (χ1) is 17.4. The first-order valence-corrected chi connectivity index (χ1v) is 14.3. The molecular formula is C25H22N4O4S3. The van der Waals surface area contributed by atoms with Gasteiger partial charge in [-0.2, -0.15) is 0 Å².